The molecule has 0 aliphatic heterocycles. The summed E-state index contributed by atoms with van der Waals surface area (Å²) in [5.74, 6) is 0. The lowest BCUT2D eigenvalue weighted by atomic mass is 10.0. The van der Waals surface area contributed by atoms with E-state index < -0.39 is 5.60 Å². The van der Waals surface area contributed by atoms with E-state index in [4.69, 9.17) is 0 Å². The SMILES string of the molecule is CCC(C)(O)CNCc1c(I)cnn1C. The molecule has 0 fully saturated rings. The van der Waals surface area contributed by atoms with Crippen molar-refractivity contribution in [2.75, 3.05) is 6.54 Å². The van der Waals surface area contributed by atoms with Crippen molar-refractivity contribution in [1.29, 1.82) is 0 Å². The lowest BCUT2D eigenvalue weighted by Gasteiger charge is -2.21. The lowest BCUT2D eigenvalue weighted by molar-refractivity contribution is 0.0554. The monoisotopic (exact) mass is 323 g/mol. The van der Waals surface area contributed by atoms with Gasteiger partial charge in [-0.1, -0.05) is 6.92 Å². The topological polar surface area (TPSA) is 50.1 Å². The zero-order valence-corrected chi connectivity index (χ0v) is 11.6. The Hall–Kier alpha value is -0.140. The Morgan fingerprint density at radius 2 is 2.33 bits per heavy atom. The molecule has 0 bridgehead atoms. The van der Waals surface area contributed by atoms with E-state index in [9.17, 15) is 5.11 Å². The van der Waals surface area contributed by atoms with Gasteiger partial charge in [0.2, 0.25) is 0 Å². The van der Waals surface area contributed by atoms with Crippen LogP contribution in [-0.4, -0.2) is 27.0 Å². The van der Waals surface area contributed by atoms with Crippen molar-refractivity contribution in [1.82, 2.24) is 15.1 Å². The molecular weight excluding hydrogens is 305 g/mol. The molecule has 0 radical (unpaired) electrons. The van der Waals surface area contributed by atoms with Gasteiger partial charge < -0.3 is 10.4 Å². The Morgan fingerprint density at radius 1 is 1.67 bits per heavy atom. The van der Waals surface area contributed by atoms with Crippen molar-refractivity contribution < 1.29 is 5.11 Å². The van der Waals surface area contributed by atoms with Crippen LogP contribution >= 0.6 is 22.6 Å². The molecular formula is C10H18IN3O. The summed E-state index contributed by atoms with van der Waals surface area (Å²) in [6.45, 7) is 5.17. The van der Waals surface area contributed by atoms with Crippen LogP contribution in [0.1, 0.15) is 26.0 Å². The summed E-state index contributed by atoms with van der Waals surface area (Å²) < 4.78 is 3.01. The highest BCUT2D eigenvalue weighted by Crippen LogP contribution is 2.11. The van der Waals surface area contributed by atoms with E-state index in [1.165, 1.54) is 0 Å². The quantitative estimate of drug-likeness (QED) is 0.803. The molecule has 0 aliphatic rings. The number of nitrogens with one attached hydrogen (secondary N) is 1. The van der Waals surface area contributed by atoms with Gasteiger partial charge in [-0.3, -0.25) is 4.68 Å². The zero-order valence-electron chi connectivity index (χ0n) is 9.42. The maximum absolute atomic E-state index is 9.80. The summed E-state index contributed by atoms with van der Waals surface area (Å²) in [6.07, 6.45) is 2.60. The van der Waals surface area contributed by atoms with Gasteiger partial charge in [-0.25, -0.2) is 0 Å². The third-order valence-corrected chi connectivity index (χ3v) is 3.47. The second-order valence-electron chi connectivity index (χ2n) is 4.02. The van der Waals surface area contributed by atoms with Gasteiger partial charge in [0, 0.05) is 20.1 Å². The first-order chi connectivity index (χ1) is 6.96. The molecule has 15 heavy (non-hydrogen) atoms. The number of halogens is 1. The van der Waals surface area contributed by atoms with Crippen LogP contribution in [0, 0.1) is 3.57 Å². The van der Waals surface area contributed by atoms with E-state index in [2.05, 4.69) is 33.0 Å². The van der Waals surface area contributed by atoms with E-state index in [1.54, 1.807) is 0 Å². The maximum atomic E-state index is 9.80. The first-order valence-electron chi connectivity index (χ1n) is 5.06. The number of aliphatic hydroxyl groups is 1. The largest absolute Gasteiger partial charge is 0.389 e. The van der Waals surface area contributed by atoms with Crippen LogP contribution in [0.25, 0.3) is 0 Å². The Labute approximate surface area is 104 Å². The van der Waals surface area contributed by atoms with Gasteiger partial charge in [0.25, 0.3) is 0 Å². The van der Waals surface area contributed by atoms with E-state index in [0.717, 1.165) is 22.2 Å². The van der Waals surface area contributed by atoms with Crippen molar-refractivity contribution in [3.8, 4) is 0 Å². The van der Waals surface area contributed by atoms with E-state index >= 15 is 0 Å². The minimum absolute atomic E-state index is 0.602. The van der Waals surface area contributed by atoms with Crippen molar-refractivity contribution in [2.24, 2.45) is 7.05 Å². The molecule has 1 unspecified atom stereocenters. The Balaban J connectivity index is 2.45. The molecule has 0 aliphatic carbocycles. The number of nitrogens with zero attached hydrogens (tertiary/aromatic N) is 2. The normalized spacial score (nSPS) is 15.3. The van der Waals surface area contributed by atoms with Crippen molar-refractivity contribution >= 4 is 22.6 Å². The fourth-order valence-electron chi connectivity index (χ4n) is 1.21. The molecule has 1 aromatic heterocycles. The van der Waals surface area contributed by atoms with Crippen LogP contribution < -0.4 is 5.32 Å². The van der Waals surface area contributed by atoms with Gasteiger partial charge in [-0.05, 0) is 35.9 Å². The van der Waals surface area contributed by atoms with Crippen LogP contribution in [0.15, 0.2) is 6.20 Å². The van der Waals surface area contributed by atoms with Crippen molar-refractivity contribution in [3.63, 3.8) is 0 Å². The van der Waals surface area contributed by atoms with Crippen molar-refractivity contribution in [3.05, 3.63) is 15.5 Å². The number of rotatable bonds is 5. The summed E-state index contributed by atoms with van der Waals surface area (Å²) in [4.78, 5) is 0. The van der Waals surface area contributed by atoms with Crippen LogP contribution in [0.2, 0.25) is 0 Å². The highest BCUT2D eigenvalue weighted by molar-refractivity contribution is 14.1. The molecule has 86 valence electrons. The van der Waals surface area contributed by atoms with Crippen LogP contribution in [0.4, 0.5) is 0 Å². The molecule has 0 aromatic carbocycles. The number of hydrogen-bond donors (Lipinski definition) is 2. The molecule has 0 spiro atoms. The molecule has 2 N–H and O–H groups in total. The zero-order chi connectivity index (χ0) is 11.5. The third-order valence-electron chi connectivity index (χ3n) is 2.57. The minimum Gasteiger partial charge on any atom is -0.389 e. The molecule has 1 atom stereocenters. The lowest BCUT2D eigenvalue weighted by Crippen LogP contribution is -2.37. The first kappa shape index (κ1) is 12.9. The molecule has 0 saturated heterocycles. The molecule has 0 saturated carbocycles. The highest BCUT2D eigenvalue weighted by atomic mass is 127. The van der Waals surface area contributed by atoms with Gasteiger partial charge in [-0.2, -0.15) is 5.10 Å². The molecule has 5 heteroatoms. The molecule has 1 rings (SSSR count). The van der Waals surface area contributed by atoms with Gasteiger partial charge in [0.05, 0.1) is 21.1 Å². The second-order valence-corrected chi connectivity index (χ2v) is 5.18. The predicted molar refractivity (Wildman–Crippen MR) is 68.5 cm³/mol. The fourth-order valence-corrected chi connectivity index (χ4v) is 1.87. The van der Waals surface area contributed by atoms with Gasteiger partial charge in [0.1, 0.15) is 0 Å². The van der Waals surface area contributed by atoms with Gasteiger partial charge >= 0.3 is 0 Å². The first-order valence-corrected chi connectivity index (χ1v) is 6.13. The van der Waals surface area contributed by atoms with E-state index in [-0.39, 0.29) is 0 Å². The number of hydrogen-bond acceptors (Lipinski definition) is 3. The Morgan fingerprint density at radius 3 is 2.80 bits per heavy atom. The predicted octanol–water partition coefficient (Wildman–Crippen LogP) is 1.28. The van der Waals surface area contributed by atoms with Crippen LogP contribution in [-0.2, 0) is 13.6 Å². The number of aryl methyl sites for hydroxylation is 1. The summed E-state index contributed by atoms with van der Waals surface area (Å²) >= 11 is 2.27. The summed E-state index contributed by atoms with van der Waals surface area (Å²) in [5.41, 5.74) is 0.534. The Kier molecular flexibility index (Phi) is 4.54. The minimum atomic E-state index is -0.621. The summed E-state index contributed by atoms with van der Waals surface area (Å²) in [6, 6.07) is 0. The van der Waals surface area contributed by atoms with E-state index in [1.807, 2.05) is 31.8 Å². The molecule has 1 heterocycles. The maximum Gasteiger partial charge on any atom is 0.0741 e. The van der Waals surface area contributed by atoms with Crippen molar-refractivity contribution in [2.45, 2.75) is 32.4 Å². The summed E-state index contributed by atoms with van der Waals surface area (Å²) in [5, 5.41) is 17.2. The standard InChI is InChI=1S/C10H18IN3O/c1-4-10(2,15)7-12-6-9-8(11)5-13-14(9)3/h5,12,15H,4,6-7H2,1-3H3. The Bertz CT molecular complexity index is 303. The van der Waals surface area contributed by atoms with Crippen LogP contribution in [0.5, 0.6) is 0 Å². The average Bonchev–Trinajstić information content (AvgIpc) is 2.49. The molecule has 0 amide bonds. The van der Waals surface area contributed by atoms with Crippen LogP contribution in [0.3, 0.4) is 0 Å². The average molecular weight is 323 g/mol. The fraction of sp³-hybridized carbons (Fsp3) is 0.700. The third kappa shape index (κ3) is 3.73. The highest BCUT2D eigenvalue weighted by Gasteiger charge is 2.17. The summed E-state index contributed by atoms with van der Waals surface area (Å²) in [7, 11) is 1.93. The number of aromatic nitrogens is 2. The van der Waals surface area contributed by atoms with Gasteiger partial charge in [-0.15, -0.1) is 0 Å². The molecule has 4 nitrogen and oxygen atoms in total. The smallest absolute Gasteiger partial charge is 0.0741 e. The van der Waals surface area contributed by atoms with E-state index in [0.29, 0.717) is 6.54 Å². The molecule has 1 aromatic rings. The second kappa shape index (κ2) is 5.27. The van der Waals surface area contributed by atoms with Gasteiger partial charge in [0.15, 0.2) is 0 Å².